The number of carboxylic acid groups (broad SMARTS) is 1. The highest BCUT2D eigenvalue weighted by atomic mass is 16.7. The van der Waals surface area contributed by atoms with E-state index in [1.807, 2.05) is 65.0 Å². The number of carbonyl (C=O) groups excluding carboxylic acids is 2. The number of nitrogens with zero attached hydrogens (tertiary/aromatic N) is 2. The van der Waals surface area contributed by atoms with E-state index < -0.39 is 53.4 Å². The Kier molecular flexibility index (Phi) is 8.28. The first-order chi connectivity index (χ1) is 16.3. The molecule has 0 bridgehead atoms. The molecular weight excluding hydrogens is 461 g/mol. The van der Waals surface area contributed by atoms with E-state index in [1.54, 1.807) is 39.6 Å². The van der Waals surface area contributed by atoms with E-state index in [0.717, 1.165) is 10.5 Å². The Bertz CT molecular complexity index is 962. The van der Waals surface area contributed by atoms with Crippen LogP contribution in [-0.4, -0.2) is 75.8 Å². The predicted molar refractivity (Wildman–Crippen MR) is 139 cm³/mol. The quantitative estimate of drug-likeness (QED) is 0.550. The zero-order valence-electron chi connectivity index (χ0n) is 23.5. The van der Waals surface area contributed by atoms with Crippen molar-refractivity contribution in [3.63, 3.8) is 0 Å². The number of nitrogens with one attached hydrogen (secondary N) is 1. The lowest BCUT2D eigenvalue weighted by atomic mass is 9.60. The standard InChI is InChI=1S/C26H42BN3O6/c1-17(28-20(31)18(2)30(22(33)34)23(3,4)5)21(32)29(11)26(10,19-15-13-12-14-16-19)27-35-24(6,7)25(8,9)36-27/h12-18H,1-11H3,(H,28,31)(H,33,34)/t17-,18-,26+/m0/s1. The third-order valence-electron chi connectivity index (χ3n) is 7.52. The number of rotatable bonds is 7. The van der Waals surface area contributed by atoms with Crippen molar-refractivity contribution in [1.29, 1.82) is 0 Å². The summed E-state index contributed by atoms with van der Waals surface area (Å²) in [6, 6.07) is 7.57. The highest BCUT2D eigenvalue weighted by Crippen LogP contribution is 2.44. The molecule has 10 heteroatoms. The molecule has 1 aliphatic heterocycles. The minimum absolute atomic E-state index is 0.366. The Hall–Kier alpha value is -2.59. The summed E-state index contributed by atoms with van der Waals surface area (Å²) in [4.78, 5) is 41.1. The fourth-order valence-corrected chi connectivity index (χ4v) is 4.40. The maximum Gasteiger partial charge on any atom is 0.490 e. The van der Waals surface area contributed by atoms with Gasteiger partial charge in [-0.2, -0.15) is 0 Å². The highest BCUT2D eigenvalue weighted by molar-refractivity contribution is 6.50. The molecule has 0 aliphatic carbocycles. The van der Waals surface area contributed by atoms with Crippen molar-refractivity contribution in [1.82, 2.24) is 15.1 Å². The maximum atomic E-state index is 13.7. The van der Waals surface area contributed by atoms with E-state index in [2.05, 4.69) is 5.32 Å². The molecule has 1 fully saturated rings. The average molecular weight is 503 g/mol. The molecule has 0 spiro atoms. The molecule has 0 aromatic heterocycles. The summed E-state index contributed by atoms with van der Waals surface area (Å²) in [5.74, 6) is -0.923. The Morgan fingerprint density at radius 3 is 1.86 bits per heavy atom. The van der Waals surface area contributed by atoms with Gasteiger partial charge in [0, 0.05) is 12.6 Å². The van der Waals surface area contributed by atoms with Gasteiger partial charge < -0.3 is 24.6 Å². The van der Waals surface area contributed by atoms with Gasteiger partial charge in [-0.3, -0.25) is 14.5 Å². The zero-order valence-corrected chi connectivity index (χ0v) is 23.5. The molecular formula is C26H42BN3O6. The fourth-order valence-electron chi connectivity index (χ4n) is 4.40. The second-order valence-corrected chi connectivity index (χ2v) is 11.7. The number of carbonyl (C=O) groups is 3. The van der Waals surface area contributed by atoms with Gasteiger partial charge in [0.2, 0.25) is 11.8 Å². The second-order valence-electron chi connectivity index (χ2n) is 11.7. The van der Waals surface area contributed by atoms with Crippen LogP contribution in [0.1, 0.15) is 74.8 Å². The number of benzene rings is 1. The van der Waals surface area contributed by atoms with Crippen LogP contribution in [0.15, 0.2) is 30.3 Å². The zero-order chi connectivity index (χ0) is 27.9. The van der Waals surface area contributed by atoms with Crippen LogP contribution < -0.4 is 5.32 Å². The molecule has 36 heavy (non-hydrogen) atoms. The third kappa shape index (κ3) is 5.54. The molecule has 200 valence electrons. The van der Waals surface area contributed by atoms with Crippen LogP contribution in [-0.2, 0) is 24.3 Å². The van der Waals surface area contributed by atoms with Gasteiger partial charge in [-0.05, 0) is 74.8 Å². The third-order valence-corrected chi connectivity index (χ3v) is 7.52. The van der Waals surface area contributed by atoms with Gasteiger partial charge in [-0.25, -0.2) is 4.79 Å². The molecule has 9 nitrogen and oxygen atoms in total. The van der Waals surface area contributed by atoms with Crippen molar-refractivity contribution >= 4 is 25.0 Å². The lowest BCUT2D eigenvalue weighted by Crippen LogP contribution is -2.61. The van der Waals surface area contributed by atoms with E-state index in [4.69, 9.17) is 9.31 Å². The van der Waals surface area contributed by atoms with E-state index in [0.29, 0.717) is 0 Å². The van der Waals surface area contributed by atoms with Crippen molar-refractivity contribution in [2.45, 2.75) is 104 Å². The van der Waals surface area contributed by atoms with Crippen molar-refractivity contribution in [2.75, 3.05) is 7.05 Å². The summed E-state index contributed by atoms with van der Waals surface area (Å²) in [5, 5.41) is 12.3. The van der Waals surface area contributed by atoms with Gasteiger partial charge in [0.15, 0.2) is 0 Å². The van der Waals surface area contributed by atoms with E-state index in [1.165, 1.54) is 6.92 Å². The molecule has 0 saturated carbocycles. The first kappa shape index (κ1) is 29.6. The molecule has 2 rings (SSSR count). The summed E-state index contributed by atoms with van der Waals surface area (Å²) < 4.78 is 12.7. The Morgan fingerprint density at radius 1 is 0.972 bits per heavy atom. The molecule has 1 saturated heterocycles. The molecule has 0 radical (unpaired) electrons. The molecule has 1 heterocycles. The Labute approximate surface area is 215 Å². The van der Waals surface area contributed by atoms with Crippen LogP contribution in [0, 0.1) is 0 Å². The molecule has 1 aromatic carbocycles. The molecule has 3 amide bonds. The average Bonchev–Trinajstić information content (AvgIpc) is 2.98. The van der Waals surface area contributed by atoms with Crippen LogP contribution in [0.4, 0.5) is 4.79 Å². The molecule has 2 N–H and O–H groups in total. The maximum absolute atomic E-state index is 13.7. The van der Waals surface area contributed by atoms with Crippen molar-refractivity contribution in [3.05, 3.63) is 35.9 Å². The van der Waals surface area contributed by atoms with E-state index in [-0.39, 0.29) is 5.91 Å². The van der Waals surface area contributed by atoms with Gasteiger partial charge in [0.25, 0.3) is 0 Å². The normalized spacial score (nSPS) is 20.1. The lowest BCUT2D eigenvalue weighted by Gasteiger charge is -2.42. The van der Waals surface area contributed by atoms with Crippen molar-refractivity contribution in [2.24, 2.45) is 0 Å². The molecule has 1 aromatic rings. The van der Waals surface area contributed by atoms with Gasteiger partial charge in [-0.15, -0.1) is 0 Å². The molecule has 1 aliphatic rings. The number of likely N-dealkylation sites (N-methyl/N-ethyl adjacent to an activating group) is 1. The van der Waals surface area contributed by atoms with Gasteiger partial charge in [0.1, 0.15) is 12.1 Å². The van der Waals surface area contributed by atoms with Crippen LogP contribution in [0.25, 0.3) is 0 Å². The summed E-state index contributed by atoms with van der Waals surface area (Å²) in [5.41, 5.74) is -2.22. The highest BCUT2D eigenvalue weighted by Gasteiger charge is 2.61. The topological polar surface area (TPSA) is 108 Å². The van der Waals surface area contributed by atoms with E-state index in [9.17, 15) is 19.5 Å². The largest absolute Gasteiger partial charge is 0.490 e. The van der Waals surface area contributed by atoms with Crippen LogP contribution in [0.2, 0.25) is 0 Å². The number of hydrogen-bond acceptors (Lipinski definition) is 5. The van der Waals surface area contributed by atoms with Crippen LogP contribution in [0.3, 0.4) is 0 Å². The van der Waals surface area contributed by atoms with Gasteiger partial charge in [0.05, 0.1) is 16.6 Å². The van der Waals surface area contributed by atoms with Gasteiger partial charge in [-0.1, -0.05) is 30.3 Å². The summed E-state index contributed by atoms with van der Waals surface area (Å²) in [7, 11) is 0.884. The smallest absolute Gasteiger partial charge is 0.465 e. The first-order valence-electron chi connectivity index (χ1n) is 12.3. The van der Waals surface area contributed by atoms with Crippen molar-refractivity contribution < 1.29 is 28.8 Å². The summed E-state index contributed by atoms with van der Waals surface area (Å²) in [6.07, 6.45) is -1.21. The van der Waals surface area contributed by atoms with Crippen molar-refractivity contribution in [3.8, 4) is 0 Å². The van der Waals surface area contributed by atoms with Crippen LogP contribution >= 0.6 is 0 Å². The molecule has 3 atom stereocenters. The lowest BCUT2D eigenvalue weighted by molar-refractivity contribution is -0.139. The van der Waals surface area contributed by atoms with E-state index >= 15 is 0 Å². The summed E-state index contributed by atoms with van der Waals surface area (Å²) in [6.45, 7) is 17.9. The second kappa shape index (κ2) is 10.1. The number of amides is 3. The SMILES string of the molecule is C[C@H](NC(=O)[C@H](C)N(C(=O)O)C(C)(C)C)C(=O)N(C)[C@@](C)(B1OC(C)(C)C(C)(C)O1)c1ccccc1. The molecule has 0 unspecified atom stereocenters. The minimum Gasteiger partial charge on any atom is -0.465 e. The Morgan fingerprint density at radius 2 is 1.44 bits per heavy atom. The summed E-state index contributed by atoms with van der Waals surface area (Å²) >= 11 is 0. The fraction of sp³-hybridized carbons (Fsp3) is 0.654. The van der Waals surface area contributed by atoms with Gasteiger partial charge >= 0.3 is 13.2 Å². The Balaban J connectivity index is 2.35. The monoisotopic (exact) mass is 503 g/mol. The number of hydrogen-bond donors (Lipinski definition) is 2. The first-order valence-corrected chi connectivity index (χ1v) is 12.3. The predicted octanol–water partition coefficient (Wildman–Crippen LogP) is 3.66. The van der Waals surface area contributed by atoms with Crippen LogP contribution in [0.5, 0.6) is 0 Å². The minimum atomic E-state index is -1.21.